The number of rotatable bonds is 10. The van der Waals surface area contributed by atoms with Gasteiger partial charge in [0.15, 0.2) is 0 Å². The van der Waals surface area contributed by atoms with Gasteiger partial charge < -0.3 is 14.8 Å². The van der Waals surface area contributed by atoms with Crippen LogP contribution in [0.25, 0.3) is 0 Å². The molecule has 166 valence electrons. The van der Waals surface area contributed by atoms with Crippen LogP contribution in [0, 0.1) is 0 Å². The van der Waals surface area contributed by atoms with Gasteiger partial charge in [-0.2, -0.15) is 5.10 Å². The Morgan fingerprint density at radius 2 is 1.78 bits per heavy atom. The second-order valence-corrected chi connectivity index (χ2v) is 7.94. The lowest BCUT2D eigenvalue weighted by molar-refractivity contribution is -0.121. The number of para-hydroxylation sites is 1. The third-order valence-electron chi connectivity index (χ3n) is 4.76. The topological polar surface area (TPSA) is 72.0 Å². The van der Waals surface area contributed by atoms with Crippen molar-refractivity contribution in [3.8, 4) is 11.5 Å². The van der Waals surface area contributed by atoms with Crippen molar-refractivity contribution in [3.05, 3.63) is 88.4 Å². The summed E-state index contributed by atoms with van der Waals surface area (Å²) in [7, 11) is 1.62. The lowest BCUT2D eigenvalue weighted by Crippen LogP contribution is -2.36. The summed E-state index contributed by atoms with van der Waals surface area (Å²) in [6, 6.07) is 22.5. The Hall–Kier alpha value is -3.32. The van der Waals surface area contributed by atoms with Gasteiger partial charge in [-0.3, -0.25) is 4.79 Å². The average molecular weight is 496 g/mol. The first-order chi connectivity index (χ1) is 15.6. The van der Waals surface area contributed by atoms with Crippen molar-refractivity contribution < 1.29 is 14.3 Å². The molecule has 0 aromatic heterocycles. The fourth-order valence-corrected chi connectivity index (χ4v) is 3.21. The van der Waals surface area contributed by atoms with Gasteiger partial charge in [-0.05, 0) is 60.5 Å². The van der Waals surface area contributed by atoms with E-state index in [0.717, 1.165) is 27.0 Å². The minimum absolute atomic E-state index is 0.215. The van der Waals surface area contributed by atoms with E-state index in [0.29, 0.717) is 18.8 Å². The Morgan fingerprint density at radius 3 is 2.47 bits per heavy atom. The number of carbonyl (C=O) groups excluding carboxylic acids is 1. The highest BCUT2D eigenvalue weighted by atomic mass is 79.9. The van der Waals surface area contributed by atoms with E-state index >= 15 is 0 Å². The minimum atomic E-state index is -0.413. The van der Waals surface area contributed by atoms with Gasteiger partial charge in [0.25, 0.3) is 5.91 Å². The number of carbonyl (C=O) groups is 1. The number of ether oxygens (including phenoxy) is 2. The minimum Gasteiger partial charge on any atom is -0.497 e. The van der Waals surface area contributed by atoms with Crippen molar-refractivity contribution >= 4 is 33.7 Å². The van der Waals surface area contributed by atoms with E-state index in [1.165, 1.54) is 0 Å². The molecule has 0 fully saturated rings. The summed E-state index contributed by atoms with van der Waals surface area (Å²) in [5.41, 5.74) is 5.29. The summed E-state index contributed by atoms with van der Waals surface area (Å²) in [4.78, 5) is 12.6. The highest BCUT2D eigenvalue weighted by Gasteiger charge is 2.15. The van der Waals surface area contributed by atoms with Crippen molar-refractivity contribution in [1.82, 2.24) is 5.43 Å². The lowest BCUT2D eigenvalue weighted by atomic mass is 10.2. The van der Waals surface area contributed by atoms with E-state index in [-0.39, 0.29) is 5.91 Å². The number of anilines is 1. The number of benzene rings is 3. The number of hydrazone groups is 1. The number of hydrogen-bond acceptors (Lipinski definition) is 5. The molecule has 6 nitrogen and oxygen atoms in total. The van der Waals surface area contributed by atoms with Crippen molar-refractivity contribution in [2.24, 2.45) is 5.10 Å². The highest BCUT2D eigenvalue weighted by Crippen LogP contribution is 2.19. The van der Waals surface area contributed by atoms with Crippen molar-refractivity contribution in [1.29, 1.82) is 0 Å². The maximum Gasteiger partial charge on any atom is 0.262 e. The van der Waals surface area contributed by atoms with Gasteiger partial charge in [0.05, 0.1) is 13.3 Å². The van der Waals surface area contributed by atoms with Crippen LogP contribution in [0.3, 0.4) is 0 Å². The summed E-state index contributed by atoms with van der Waals surface area (Å²) in [6.07, 6.45) is 2.20. The van der Waals surface area contributed by atoms with E-state index in [9.17, 15) is 4.79 Å². The molecule has 7 heteroatoms. The summed E-state index contributed by atoms with van der Waals surface area (Å²) >= 11 is 3.43. The fraction of sp³-hybridized carbons (Fsp3) is 0.200. The second-order valence-electron chi connectivity index (χ2n) is 7.02. The van der Waals surface area contributed by atoms with Crippen molar-refractivity contribution in [2.45, 2.75) is 26.0 Å². The third-order valence-corrected chi connectivity index (χ3v) is 5.29. The normalized spacial score (nSPS) is 11.7. The summed E-state index contributed by atoms with van der Waals surface area (Å²) in [6.45, 7) is 2.38. The molecular formula is C25H26BrN3O3. The van der Waals surface area contributed by atoms with Gasteiger partial charge in [-0.25, -0.2) is 5.43 Å². The van der Waals surface area contributed by atoms with Crippen LogP contribution in [-0.2, 0) is 11.4 Å². The predicted molar refractivity (Wildman–Crippen MR) is 131 cm³/mol. The molecule has 0 bridgehead atoms. The molecule has 0 saturated heterocycles. The molecule has 3 aromatic rings. The van der Waals surface area contributed by atoms with Crippen LogP contribution in [0.2, 0.25) is 0 Å². The number of methoxy groups -OCH3 is 1. The molecule has 0 heterocycles. The number of hydrogen-bond donors (Lipinski definition) is 2. The van der Waals surface area contributed by atoms with Crippen LogP contribution >= 0.6 is 15.9 Å². The summed E-state index contributed by atoms with van der Waals surface area (Å²) in [5.74, 6) is 1.24. The molecule has 0 aliphatic carbocycles. The summed E-state index contributed by atoms with van der Waals surface area (Å²) in [5, 5.41) is 7.35. The SMILES string of the molecule is CC[C@H](Nc1ccc(OC)cc1)C(=O)N/N=C/c1ccccc1OCc1ccc(Br)cc1. The molecule has 0 spiro atoms. The molecule has 0 saturated carbocycles. The van der Waals surface area contributed by atoms with Crippen LogP contribution in [0.5, 0.6) is 11.5 Å². The number of nitrogens with one attached hydrogen (secondary N) is 2. The number of amides is 1. The molecule has 0 unspecified atom stereocenters. The lowest BCUT2D eigenvalue weighted by Gasteiger charge is -2.16. The Labute approximate surface area is 196 Å². The largest absolute Gasteiger partial charge is 0.497 e. The molecule has 1 atom stereocenters. The van der Waals surface area contributed by atoms with E-state index in [1.54, 1.807) is 13.3 Å². The van der Waals surface area contributed by atoms with Gasteiger partial charge in [0.2, 0.25) is 0 Å². The first-order valence-corrected chi connectivity index (χ1v) is 11.1. The van der Waals surface area contributed by atoms with Crippen molar-refractivity contribution in [3.63, 3.8) is 0 Å². The van der Waals surface area contributed by atoms with E-state index in [4.69, 9.17) is 9.47 Å². The fourth-order valence-electron chi connectivity index (χ4n) is 2.95. The molecule has 2 N–H and O–H groups in total. The standard InChI is InChI=1S/C25H26BrN3O3/c1-3-23(28-21-12-14-22(31-2)15-13-21)25(30)29-27-16-19-6-4-5-7-24(19)32-17-18-8-10-20(26)11-9-18/h4-16,23,28H,3,17H2,1-2H3,(H,29,30)/b27-16+/t23-/m0/s1. The zero-order valence-corrected chi connectivity index (χ0v) is 19.6. The van der Waals surface area contributed by atoms with Crippen LogP contribution in [-0.4, -0.2) is 25.3 Å². The van der Waals surface area contributed by atoms with E-state index in [1.807, 2.05) is 79.7 Å². The maximum absolute atomic E-state index is 12.6. The zero-order chi connectivity index (χ0) is 22.8. The second kappa shape index (κ2) is 11.9. The molecule has 3 rings (SSSR count). The Bertz CT molecular complexity index is 1040. The van der Waals surface area contributed by atoms with Gasteiger partial charge in [0, 0.05) is 15.7 Å². The first-order valence-electron chi connectivity index (χ1n) is 10.3. The Kier molecular flexibility index (Phi) is 8.69. The van der Waals surface area contributed by atoms with Crippen LogP contribution in [0.1, 0.15) is 24.5 Å². The van der Waals surface area contributed by atoms with Gasteiger partial charge in [0.1, 0.15) is 24.1 Å². The summed E-state index contributed by atoms with van der Waals surface area (Å²) < 4.78 is 12.1. The van der Waals surface area contributed by atoms with E-state index < -0.39 is 6.04 Å². The molecule has 0 aliphatic rings. The van der Waals surface area contributed by atoms with Crippen LogP contribution < -0.4 is 20.2 Å². The van der Waals surface area contributed by atoms with Gasteiger partial charge in [-0.15, -0.1) is 0 Å². The smallest absolute Gasteiger partial charge is 0.262 e. The average Bonchev–Trinajstić information content (AvgIpc) is 2.83. The third kappa shape index (κ3) is 6.85. The number of nitrogens with zero attached hydrogens (tertiary/aromatic N) is 1. The first kappa shape index (κ1) is 23.3. The monoisotopic (exact) mass is 495 g/mol. The van der Waals surface area contributed by atoms with E-state index in [2.05, 4.69) is 31.8 Å². The Balaban J connectivity index is 1.57. The number of halogens is 1. The zero-order valence-electron chi connectivity index (χ0n) is 18.0. The van der Waals surface area contributed by atoms with Crippen LogP contribution in [0.4, 0.5) is 5.69 Å². The quantitative estimate of drug-likeness (QED) is 0.292. The van der Waals surface area contributed by atoms with Gasteiger partial charge in [-0.1, -0.05) is 47.1 Å². The van der Waals surface area contributed by atoms with Crippen molar-refractivity contribution in [2.75, 3.05) is 12.4 Å². The van der Waals surface area contributed by atoms with Crippen LogP contribution in [0.15, 0.2) is 82.4 Å². The molecule has 0 aliphatic heterocycles. The highest BCUT2D eigenvalue weighted by molar-refractivity contribution is 9.10. The predicted octanol–water partition coefficient (Wildman–Crippen LogP) is 5.38. The van der Waals surface area contributed by atoms with Gasteiger partial charge >= 0.3 is 0 Å². The Morgan fingerprint density at radius 1 is 1.06 bits per heavy atom. The maximum atomic E-state index is 12.6. The molecule has 3 aromatic carbocycles. The molecule has 1 amide bonds. The molecule has 0 radical (unpaired) electrons. The molecule has 32 heavy (non-hydrogen) atoms. The molecular weight excluding hydrogens is 470 g/mol.